The van der Waals surface area contributed by atoms with Gasteiger partial charge in [0.25, 0.3) is 0 Å². The number of carbonyl (C=O) groups is 4. The van der Waals surface area contributed by atoms with E-state index in [4.69, 9.17) is 28.4 Å². The van der Waals surface area contributed by atoms with Gasteiger partial charge in [-0.25, -0.2) is 9.59 Å². The van der Waals surface area contributed by atoms with Crippen molar-refractivity contribution in [2.75, 3.05) is 13.2 Å². The van der Waals surface area contributed by atoms with Gasteiger partial charge in [0.05, 0.1) is 36.5 Å². The van der Waals surface area contributed by atoms with E-state index in [1.165, 1.54) is 25.7 Å². The molecule has 0 N–H and O–H groups in total. The lowest BCUT2D eigenvalue weighted by molar-refractivity contribution is -0.135. The van der Waals surface area contributed by atoms with Crippen molar-refractivity contribution in [3.63, 3.8) is 0 Å². The first kappa shape index (κ1) is 62.0. The van der Waals surface area contributed by atoms with Crippen LogP contribution >= 0.6 is 0 Å². The van der Waals surface area contributed by atoms with Gasteiger partial charge in [0.15, 0.2) is 0 Å². The molecule has 6 aromatic carbocycles. The van der Waals surface area contributed by atoms with E-state index in [0.717, 1.165) is 148 Å². The molecule has 0 aliphatic rings. The van der Waals surface area contributed by atoms with Crippen LogP contribution in [0.5, 0.6) is 23.0 Å². The van der Waals surface area contributed by atoms with Gasteiger partial charge in [-0.05, 0) is 171 Å². The second-order valence-electron chi connectivity index (χ2n) is 21.1. The van der Waals surface area contributed by atoms with E-state index in [-0.39, 0.29) is 36.1 Å². The number of hydrogen-bond donors (Lipinski definition) is 0. The number of hydrogen-bond acceptors (Lipinski definition) is 10. The lowest BCUT2D eigenvalue weighted by Gasteiger charge is -2.13. The molecular formula is C70H86O10. The summed E-state index contributed by atoms with van der Waals surface area (Å²) >= 11 is 0. The molecule has 0 fully saturated rings. The Morgan fingerprint density at radius 2 is 0.600 bits per heavy atom. The Morgan fingerprint density at radius 3 is 0.925 bits per heavy atom. The molecule has 6 aromatic rings. The third-order valence-corrected chi connectivity index (χ3v) is 14.3. The number of unbranched alkanes of at least 4 members (excludes halogenated alkanes) is 14. The average Bonchev–Trinajstić information content (AvgIpc) is 3.48. The van der Waals surface area contributed by atoms with Crippen molar-refractivity contribution < 1.29 is 47.6 Å². The molecule has 0 heterocycles. The van der Waals surface area contributed by atoms with Gasteiger partial charge >= 0.3 is 23.9 Å². The zero-order valence-corrected chi connectivity index (χ0v) is 48.1. The lowest BCUT2D eigenvalue weighted by atomic mass is 10.0. The fraction of sp³-hybridized carbons (Fsp3) is 0.429. The van der Waals surface area contributed by atoms with Crippen LogP contribution in [0.25, 0.3) is 33.4 Å². The molecule has 10 heteroatoms. The molecular weight excluding hydrogens is 1000 g/mol. The molecule has 0 saturated carbocycles. The first-order valence-electron chi connectivity index (χ1n) is 29.8. The molecule has 0 saturated heterocycles. The number of benzene rings is 6. The van der Waals surface area contributed by atoms with Crippen molar-refractivity contribution in [2.45, 2.75) is 181 Å². The zero-order chi connectivity index (χ0) is 56.6. The van der Waals surface area contributed by atoms with Gasteiger partial charge in [0.2, 0.25) is 0 Å². The van der Waals surface area contributed by atoms with Crippen LogP contribution in [0, 0.1) is 0 Å². The summed E-state index contributed by atoms with van der Waals surface area (Å²) in [6, 6.07) is 46.1. The van der Waals surface area contributed by atoms with Gasteiger partial charge in [-0.1, -0.05) is 164 Å². The molecule has 0 radical (unpaired) electrons. The standard InChI is InChI=1S/C70H86O10/c1-5-7-9-17-23-53(3)77-69(73)61-31-27-55(28-32-61)59-39-47-65(48-40-59)79-67(71)25-19-13-11-15-21-51-75-63-43-35-57(36-44-63)58-37-45-64(46-38-58)76-52-22-16-12-14-20-26-68(72)80-66-49-41-60(42-50-66)56-29-33-62(34-30-56)70(74)78-54(4)24-18-10-8-6-2/h27-50,53-54H,5-26,51-52H2,1-4H3. The summed E-state index contributed by atoms with van der Waals surface area (Å²) in [7, 11) is 0. The summed E-state index contributed by atoms with van der Waals surface area (Å²) in [6.45, 7) is 9.56. The second-order valence-corrected chi connectivity index (χ2v) is 21.1. The van der Waals surface area contributed by atoms with Crippen molar-refractivity contribution in [1.29, 1.82) is 0 Å². The third kappa shape index (κ3) is 22.9. The van der Waals surface area contributed by atoms with E-state index < -0.39 is 0 Å². The highest BCUT2D eigenvalue weighted by atomic mass is 16.6. The van der Waals surface area contributed by atoms with E-state index in [1.54, 1.807) is 48.5 Å². The summed E-state index contributed by atoms with van der Waals surface area (Å²) < 4.78 is 34.5. The Labute approximate surface area is 476 Å². The number of esters is 4. The largest absolute Gasteiger partial charge is 0.494 e. The van der Waals surface area contributed by atoms with Crippen LogP contribution < -0.4 is 18.9 Å². The molecule has 0 aliphatic carbocycles. The Morgan fingerprint density at radius 1 is 0.325 bits per heavy atom. The van der Waals surface area contributed by atoms with E-state index in [0.29, 0.717) is 48.7 Å². The molecule has 0 aromatic heterocycles. The first-order valence-corrected chi connectivity index (χ1v) is 29.8. The summed E-state index contributed by atoms with van der Waals surface area (Å²) in [4.78, 5) is 50.3. The van der Waals surface area contributed by atoms with Crippen molar-refractivity contribution in [1.82, 2.24) is 0 Å². The lowest BCUT2D eigenvalue weighted by Crippen LogP contribution is -2.15. The van der Waals surface area contributed by atoms with Crippen molar-refractivity contribution in [3.8, 4) is 56.4 Å². The average molecular weight is 1090 g/mol. The Hall–Kier alpha value is -7.20. The topological polar surface area (TPSA) is 124 Å². The molecule has 2 atom stereocenters. The molecule has 10 nitrogen and oxygen atoms in total. The first-order chi connectivity index (χ1) is 39.1. The van der Waals surface area contributed by atoms with E-state index in [9.17, 15) is 19.2 Å². The summed E-state index contributed by atoms with van der Waals surface area (Å²) in [5.41, 5.74) is 7.17. The Kier molecular flexibility index (Phi) is 27.5. The second kappa shape index (κ2) is 35.4. The summed E-state index contributed by atoms with van der Waals surface area (Å²) in [5, 5.41) is 0. The highest BCUT2D eigenvalue weighted by molar-refractivity contribution is 5.91. The van der Waals surface area contributed by atoms with Gasteiger partial charge in [0.1, 0.15) is 23.0 Å². The highest BCUT2D eigenvalue weighted by Crippen LogP contribution is 2.28. The van der Waals surface area contributed by atoms with E-state index >= 15 is 0 Å². The molecule has 6 rings (SSSR count). The van der Waals surface area contributed by atoms with Gasteiger partial charge in [-0.3, -0.25) is 9.59 Å². The van der Waals surface area contributed by atoms with Gasteiger partial charge in [-0.2, -0.15) is 0 Å². The predicted octanol–water partition coefficient (Wildman–Crippen LogP) is 18.4. The summed E-state index contributed by atoms with van der Waals surface area (Å²) in [6.07, 6.45) is 21.0. The van der Waals surface area contributed by atoms with Crippen LogP contribution in [0.1, 0.15) is 190 Å². The van der Waals surface area contributed by atoms with Crippen LogP contribution in [-0.4, -0.2) is 49.3 Å². The summed E-state index contributed by atoms with van der Waals surface area (Å²) in [5.74, 6) is 1.68. The van der Waals surface area contributed by atoms with Crippen LogP contribution in [-0.2, 0) is 19.1 Å². The van der Waals surface area contributed by atoms with E-state index in [1.807, 2.05) is 86.6 Å². The maximum Gasteiger partial charge on any atom is 0.338 e. The zero-order valence-electron chi connectivity index (χ0n) is 48.1. The van der Waals surface area contributed by atoms with Gasteiger partial charge in [-0.15, -0.1) is 0 Å². The van der Waals surface area contributed by atoms with E-state index in [2.05, 4.69) is 38.1 Å². The fourth-order valence-electron chi connectivity index (χ4n) is 9.40. The fourth-order valence-corrected chi connectivity index (χ4v) is 9.40. The third-order valence-electron chi connectivity index (χ3n) is 14.3. The van der Waals surface area contributed by atoms with Crippen molar-refractivity contribution in [2.24, 2.45) is 0 Å². The van der Waals surface area contributed by atoms with Gasteiger partial charge in [0, 0.05) is 12.8 Å². The number of ether oxygens (including phenoxy) is 6. The predicted molar refractivity (Wildman–Crippen MR) is 321 cm³/mol. The normalized spacial score (nSPS) is 11.8. The molecule has 0 aliphatic heterocycles. The number of carbonyl (C=O) groups excluding carboxylic acids is 4. The van der Waals surface area contributed by atoms with Crippen LogP contribution in [0.2, 0.25) is 0 Å². The molecule has 0 spiro atoms. The molecule has 0 bridgehead atoms. The minimum Gasteiger partial charge on any atom is -0.494 e. The molecule has 426 valence electrons. The van der Waals surface area contributed by atoms with Gasteiger partial charge < -0.3 is 28.4 Å². The Bertz CT molecular complexity index is 2520. The highest BCUT2D eigenvalue weighted by Gasteiger charge is 2.15. The molecule has 2 unspecified atom stereocenters. The molecule has 80 heavy (non-hydrogen) atoms. The number of rotatable bonds is 37. The maximum atomic E-state index is 12.6. The maximum absolute atomic E-state index is 12.6. The van der Waals surface area contributed by atoms with Crippen LogP contribution in [0.3, 0.4) is 0 Å². The van der Waals surface area contributed by atoms with Crippen LogP contribution in [0.15, 0.2) is 146 Å². The quantitative estimate of drug-likeness (QED) is 0.0212. The SMILES string of the molecule is CCCCCCC(C)OC(=O)c1ccc(-c2ccc(OC(=O)CCCCCCCOc3ccc(-c4ccc(OCCCCCCCC(=O)Oc5ccc(-c6ccc(C(=O)OC(C)CCCCCC)cc6)cc5)cc4)cc3)cc2)cc1. The minimum absolute atomic E-state index is 0.0995. The van der Waals surface area contributed by atoms with Crippen molar-refractivity contribution >= 4 is 23.9 Å². The monoisotopic (exact) mass is 1090 g/mol. The van der Waals surface area contributed by atoms with Crippen LogP contribution in [0.4, 0.5) is 0 Å². The van der Waals surface area contributed by atoms with Crippen molar-refractivity contribution in [3.05, 3.63) is 157 Å². The Balaban J connectivity index is 0.747. The smallest absolute Gasteiger partial charge is 0.338 e. The molecule has 0 amide bonds. The minimum atomic E-state index is -0.296.